The largest absolute Gasteiger partial charge is 0.356 e. The molecule has 2 aliphatic rings. The minimum absolute atomic E-state index is 0.186. The Morgan fingerprint density at radius 1 is 0.818 bits per heavy atom. The van der Waals surface area contributed by atoms with Crippen molar-refractivity contribution in [3.63, 3.8) is 0 Å². The van der Waals surface area contributed by atoms with Gasteiger partial charge < -0.3 is 10.6 Å². The van der Waals surface area contributed by atoms with E-state index in [4.69, 9.17) is 0 Å². The number of carbonyl (C=O) groups excluding carboxylic acids is 2. The smallest absolute Gasteiger partial charge is 0.223 e. The average Bonchev–Trinajstić information content (AvgIpc) is 2.56. The van der Waals surface area contributed by atoms with Crippen molar-refractivity contribution in [2.45, 2.75) is 89.5 Å². The topological polar surface area (TPSA) is 58.2 Å². The predicted octanol–water partition coefficient (Wildman–Crippen LogP) is 3.30. The molecule has 0 saturated heterocycles. The van der Waals surface area contributed by atoms with Crippen LogP contribution in [0.15, 0.2) is 0 Å². The maximum atomic E-state index is 12.0. The van der Waals surface area contributed by atoms with Gasteiger partial charge in [-0.3, -0.25) is 9.59 Å². The van der Waals surface area contributed by atoms with Crippen LogP contribution in [0.1, 0.15) is 83.5 Å². The van der Waals surface area contributed by atoms with E-state index < -0.39 is 0 Å². The molecule has 0 bridgehead atoms. The fourth-order valence-corrected chi connectivity index (χ4v) is 3.68. The summed E-state index contributed by atoms with van der Waals surface area (Å²) in [5.41, 5.74) is 0. The summed E-state index contributed by atoms with van der Waals surface area (Å²) in [7, 11) is 0. The van der Waals surface area contributed by atoms with E-state index in [1.165, 1.54) is 38.5 Å². The highest BCUT2D eigenvalue weighted by atomic mass is 16.2. The maximum Gasteiger partial charge on any atom is 0.223 e. The van der Waals surface area contributed by atoms with Crippen LogP contribution in [0.4, 0.5) is 0 Å². The lowest BCUT2D eigenvalue weighted by Gasteiger charge is -2.22. The van der Waals surface area contributed by atoms with E-state index in [1.54, 1.807) is 0 Å². The number of carbonyl (C=O) groups is 2. The van der Waals surface area contributed by atoms with Crippen molar-refractivity contribution < 1.29 is 9.59 Å². The molecular formula is C18H32N2O2. The van der Waals surface area contributed by atoms with Crippen LogP contribution in [0.5, 0.6) is 0 Å². The summed E-state index contributed by atoms with van der Waals surface area (Å²) in [6, 6.07) is 0.409. The van der Waals surface area contributed by atoms with Gasteiger partial charge in [-0.2, -0.15) is 0 Å². The molecule has 0 aromatic carbocycles. The molecule has 0 aliphatic heterocycles. The normalized spacial score (nSPS) is 20.5. The molecule has 2 aliphatic carbocycles. The molecule has 0 spiro atoms. The van der Waals surface area contributed by atoms with Gasteiger partial charge in [-0.15, -0.1) is 0 Å². The Hall–Kier alpha value is -1.06. The first kappa shape index (κ1) is 17.3. The summed E-state index contributed by atoms with van der Waals surface area (Å²) < 4.78 is 0. The van der Waals surface area contributed by atoms with Crippen molar-refractivity contribution in [3.8, 4) is 0 Å². The van der Waals surface area contributed by atoms with Gasteiger partial charge in [0.15, 0.2) is 0 Å². The van der Waals surface area contributed by atoms with Crippen molar-refractivity contribution >= 4 is 11.8 Å². The molecule has 22 heavy (non-hydrogen) atoms. The summed E-state index contributed by atoms with van der Waals surface area (Å²) >= 11 is 0. The monoisotopic (exact) mass is 308 g/mol. The van der Waals surface area contributed by atoms with Crippen LogP contribution in [0.3, 0.4) is 0 Å². The molecule has 0 aromatic rings. The number of nitrogens with one attached hydrogen (secondary N) is 2. The second-order valence-electron chi connectivity index (χ2n) is 6.99. The zero-order valence-electron chi connectivity index (χ0n) is 13.9. The van der Waals surface area contributed by atoms with Crippen molar-refractivity contribution in [1.82, 2.24) is 10.6 Å². The molecule has 2 rings (SSSR count). The van der Waals surface area contributed by atoms with Gasteiger partial charge in [0.25, 0.3) is 0 Å². The third-order valence-corrected chi connectivity index (χ3v) is 5.08. The standard InChI is InChI=1S/C18H32N2O2/c21-17(20-16-11-5-2-6-12-16)13-7-8-14-19-18(22)15-9-3-1-4-10-15/h15-16H,1-14H2,(H,19,22)(H,20,21). The lowest BCUT2D eigenvalue weighted by molar-refractivity contribution is -0.125. The Kier molecular flexibility index (Phi) is 7.75. The van der Waals surface area contributed by atoms with Gasteiger partial charge in [-0.1, -0.05) is 38.5 Å². The highest BCUT2D eigenvalue weighted by Gasteiger charge is 2.20. The van der Waals surface area contributed by atoms with Gasteiger partial charge in [0, 0.05) is 24.9 Å². The van der Waals surface area contributed by atoms with Gasteiger partial charge in [-0.05, 0) is 38.5 Å². The van der Waals surface area contributed by atoms with Crippen LogP contribution in [-0.4, -0.2) is 24.4 Å². The fourth-order valence-electron chi connectivity index (χ4n) is 3.68. The molecule has 0 atom stereocenters. The van der Waals surface area contributed by atoms with E-state index in [-0.39, 0.29) is 17.7 Å². The molecule has 2 fully saturated rings. The lowest BCUT2D eigenvalue weighted by Crippen LogP contribution is -2.36. The van der Waals surface area contributed by atoms with E-state index in [1.807, 2.05) is 0 Å². The van der Waals surface area contributed by atoms with E-state index in [9.17, 15) is 9.59 Å². The number of hydrogen-bond acceptors (Lipinski definition) is 2. The molecular weight excluding hydrogens is 276 g/mol. The van der Waals surface area contributed by atoms with E-state index in [0.717, 1.165) is 38.5 Å². The Morgan fingerprint density at radius 2 is 1.45 bits per heavy atom. The van der Waals surface area contributed by atoms with Crippen LogP contribution >= 0.6 is 0 Å². The molecule has 4 nitrogen and oxygen atoms in total. The lowest BCUT2D eigenvalue weighted by atomic mass is 9.89. The van der Waals surface area contributed by atoms with Crippen molar-refractivity contribution in [2.24, 2.45) is 5.92 Å². The number of amides is 2. The second-order valence-corrected chi connectivity index (χ2v) is 6.99. The molecule has 0 unspecified atom stereocenters. The van der Waals surface area contributed by atoms with Crippen LogP contribution in [-0.2, 0) is 9.59 Å². The van der Waals surface area contributed by atoms with E-state index in [0.29, 0.717) is 19.0 Å². The SMILES string of the molecule is O=C(CCCCNC(=O)C1CCCCC1)NC1CCCCC1. The second kappa shape index (κ2) is 9.86. The highest BCUT2D eigenvalue weighted by molar-refractivity contribution is 5.78. The first-order valence-corrected chi connectivity index (χ1v) is 9.33. The zero-order chi connectivity index (χ0) is 15.6. The van der Waals surface area contributed by atoms with Crippen molar-refractivity contribution in [1.29, 1.82) is 0 Å². The summed E-state index contributed by atoms with van der Waals surface area (Å²) in [6.07, 6.45) is 14.2. The Bertz CT molecular complexity index is 345. The van der Waals surface area contributed by atoms with Crippen LogP contribution in [0.2, 0.25) is 0 Å². The third kappa shape index (κ3) is 6.37. The molecule has 2 N–H and O–H groups in total. The Balaban J connectivity index is 1.47. The molecule has 0 radical (unpaired) electrons. The van der Waals surface area contributed by atoms with Crippen LogP contribution < -0.4 is 10.6 Å². The fraction of sp³-hybridized carbons (Fsp3) is 0.889. The summed E-state index contributed by atoms with van der Waals surface area (Å²) in [4.78, 5) is 23.8. The molecule has 0 aromatic heterocycles. The Labute approximate surface area is 134 Å². The first-order valence-electron chi connectivity index (χ1n) is 9.33. The maximum absolute atomic E-state index is 12.0. The third-order valence-electron chi connectivity index (χ3n) is 5.08. The van der Waals surface area contributed by atoms with Crippen LogP contribution in [0, 0.1) is 5.92 Å². The van der Waals surface area contributed by atoms with E-state index in [2.05, 4.69) is 10.6 Å². The number of hydrogen-bond donors (Lipinski definition) is 2. The van der Waals surface area contributed by atoms with Crippen LogP contribution in [0.25, 0.3) is 0 Å². The summed E-state index contributed by atoms with van der Waals surface area (Å²) in [6.45, 7) is 0.714. The molecule has 0 heterocycles. The molecule has 2 amide bonds. The minimum Gasteiger partial charge on any atom is -0.356 e. The summed E-state index contributed by atoms with van der Waals surface area (Å²) in [5.74, 6) is 0.653. The summed E-state index contributed by atoms with van der Waals surface area (Å²) in [5, 5.41) is 6.18. The number of rotatable bonds is 7. The predicted molar refractivity (Wildman–Crippen MR) is 88.5 cm³/mol. The van der Waals surface area contributed by atoms with E-state index >= 15 is 0 Å². The first-order chi connectivity index (χ1) is 10.8. The Morgan fingerprint density at radius 3 is 2.14 bits per heavy atom. The van der Waals surface area contributed by atoms with Gasteiger partial charge in [0.2, 0.25) is 11.8 Å². The highest BCUT2D eigenvalue weighted by Crippen LogP contribution is 2.23. The zero-order valence-corrected chi connectivity index (χ0v) is 13.9. The van der Waals surface area contributed by atoms with Gasteiger partial charge in [0.1, 0.15) is 0 Å². The van der Waals surface area contributed by atoms with Crippen molar-refractivity contribution in [2.75, 3.05) is 6.54 Å². The molecule has 126 valence electrons. The van der Waals surface area contributed by atoms with Gasteiger partial charge >= 0.3 is 0 Å². The average molecular weight is 308 g/mol. The molecule has 4 heteroatoms. The van der Waals surface area contributed by atoms with Gasteiger partial charge in [0.05, 0.1) is 0 Å². The van der Waals surface area contributed by atoms with Gasteiger partial charge in [-0.25, -0.2) is 0 Å². The quantitative estimate of drug-likeness (QED) is 0.709. The van der Waals surface area contributed by atoms with Crippen molar-refractivity contribution in [3.05, 3.63) is 0 Å². The molecule has 2 saturated carbocycles. The minimum atomic E-state index is 0.186. The number of unbranched alkanes of at least 4 members (excludes halogenated alkanes) is 1.